The first-order chi connectivity index (χ1) is 9.42. The second kappa shape index (κ2) is 7.36. The largest absolute Gasteiger partial charge is 0.242 e. The molecule has 0 radical (unpaired) electrons. The molecule has 0 amide bonds. The first-order valence-electron chi connectivity index (χ1n) is 6.63. The van der Waals surface area contributed by atoms with Crippen LogP contribution in [0.5, 0.6) is 0 Å². The van der Waals surface area contributed by atoms with Crippen molar-refractivity contribution in [2.75, 3.05) is 0 Å². The van der Waals surface area contributed by atoms with Crippen LogP contribution in [0.15, 0.2) is 23.1 Å². The lowest BCUT2D eigenvalue weighted by Crippen LogP contribution is -2.33. The molecule has 110 valence electrons. The summed E-state index contributed by atoms with van der Waals surface area (Å²) in [5.41, 5.74) is -0.444. The van der Waals surface area contributed by atoms with Crippen molar-refractivity contribution in [3.8, 4) is 6.07 Å². The second-order valence-corrected chi connectivity index (χ2v) is 6.43. The van der Waals surface area contributed by atoms with Gasteiger partial charge in [-0.2, -0.15) is 5.26 Å². The fraction of sp³-hybridized carbons (Fsp3) is 0.500. The van der Waals surface area contributed by atoms with Crippen LogP contribution in [0.2, 0.25) is 0 Å². The van der Waals surface area contributed by atoms with E-state index in [9.17, 15) is 12.8 Å². The number of nitriles is 1. The molecule has 0 heterocycles. The summed E-state index contributed by atoms with van der Waals surface area (Å²) in [4.78, 5) is -0.303. The summed E-state index contributed by atoms with van der Waals surface area (Å²) in [7, 11) is -3.87. The van der Waals surface area contributed by atoms with E-state index in [2.05, 4.69) is 11.6 Å². The number of halogens is 1. The number of rotatable bonds is 7. The minimum Gasteiger partial charge on any atom is -0.208 e. The minimum absolute atomic E-state index is 0.249. The van der Waals surface area contributed by atoms with Crippen LogP contribution in [0.1, 0.15) is 45.1 Å². The lowest BCUT2D eigenvalue weighted by Gasteiger charge is -2.14. The number of benzene rings is 1. The van der Waals surface area contributed by atoms with Gasteiger partial charge in [-0.15, -0.1) is 0 Å². The lowest BCUT2D eigenvalue weighted by atomic mass is 10.1. The fourth-order valence-electron chi connectivity index (χ4n) is 1.92. The summed E-state index contributed by atoms with van der Waals surface area (Å²) < 4.78 is 40.3. The molecule has 0 aromatic heterocycles. The van der Waals surface area contributed by atoms with E-state index in [-0.39, 0.29) is 10.9 Å². The van der Waals surface area contributed by atoms with Crippen LogP contribution in [0.3, 0.4) is 0 Å². The standard InChI is InChI=1S/C14H19FN2O2S/c1-3-4-5-7-11(2)17-20(18,19)14-9-6-8-13(15)12(14)10-16/h6,8-9,11,17H,3-5,7H2,1-2H3. The number of hydrogen-bond acceptors (Lipinski definition) is 3. The van der Waals surface area contributed by atoms with Crippen LogP contribution in [0.4, 0.5) is 4.39 Å². The maximum absolute atomic E-state index is 13.5. The molecular formula is C14H19FN2O2S. The second-order valence-electron chi connectivity index (χ2n) is 4.74. The number of hydrogen-bond donors (Lipinski definition) is 1. The fourth-order valence-corrected chi connectivity index (χ4v) is 3.37. The molecule has 1 aromatic rings. The Hall–Kier alpha value is -1.45. The topological polar surface area (TPSA) is 70.0 Å². The Bertz CT molecular complexity index is 594. The average molecular weight is 298 g/mol. The van der Waals surface area contributed by atoms with Gasteiger partial charge in [0.1, 0.15) is 22.3 Å². The first kappa shape index (κ1) is 16.6. The zero-order chi connectivity index (χ0) is 15.2. The molecule has 1 atom stereocenters. The molecule has 1 N–H and O–H groups in total. The van der Waals surface area contributed by atoms with Gasteiger partial charge in [0.05, 0.1) is 0 Å². The van der Waals surface area contributed by atoms with E-state index in [4.69, 9.17) is 5.26 Å². The van der Waals surface area contributed by atoms with Crippen molar-refractivity contribution in [1.82, 2.24) is 4.72 Å². The molecule has 4 nitrogen and oxygen atoms in total. The molecule has 20 heavy (non-hydrogen) atoms. The van der Waals surface area contributed by atoms with Crippen LogP contribution in [-0.2, 0) is 10.0 Å². The SMILES string of the molecule is CCCCCC(C)NS(=O)(=O)c1cccc(F)c1C#N. The summed E-state index contributed by atoms with van der Waals surface area (Å²) in [5, 5.41) is 8.89. The average Bonchev–Trinajstić information content (AvgIpc) is 2.38. The van der Waals surface area contributed by atoms with Crippen LogP contribution in [0, 0.1) is 17.1 Å². The highest BCUT2D eigenvalue weighted by Gasteiger charge is 2.22. The summed E-state index contributed by atoms with van der Waals surface area (Å²) in [6, 6.07) is 4.95. The Morgan fingerprint density at radius 3 is 2.70 bits per heavy atom. The van der Waals surface area contributed by atoms with Crippen molar-refractivity contribution in [3.63, 3.8) is 0 Å². The Kier molecular flexibility index (Phi) is 6.11. The van der Waals surface area contributed by atoms with Gasteiger partial charge in [-0.3, -0.25) is 0 Å². The third-order valence-corrected chi connectivity index (χ3v) is 4.61. The van der Waals surface area contributed by atoms with E-state index in [1.165, 1.54) is 12.1 Å². The Morgan fingerprint density at radius 2 is 2.10 bits per heavy atom. The zero-order valence-electron chi connectivity index (χ0n) is 11.7. The molecule has 0 aliphatic heterocycles. The Balaban J connectivity index is 2.90. The summed E-state index contributed by atoms with van der Waals surface area (Å²) in [6.45, 7) is 3.83. The predicted octanol–water partition coefficient (Wildman–Crippen LogP) is 2.94. The van der Waals surface area contributed by atoms with Crippen molar-refractivity contribution in [2.24, 2.45) is 0 Å². The van der Waals surface area contributed by atoms with E-state index in [0.29, 0.717) is 6.42 Å². The van der Waals surface area contributed by atoms with E-state index < -0.39 is 21.4 Å². The quantitative estimate of drug-likeness (QED) is 0.787. The molecular weight excluding hydrogens is 279 g/mol. The van der Waals surface area contributed by atoms with Gasteiger partial charge in [0.25, 0.3) is 0 Å². The van der Waals surface area contributed by atoms with Gasteiger partial charge >= 0.3 is 0 Å². The minimum atomic E-state index is -3.87. The summed E-state index contributed by atoms with van der Waals surface area (Å²) >= 11 is 0. The molecule has 0 saturated carbocycles. The Labute approximate surface area is 119 Å². The van der Waals surface area contributed by atoms with Crippen molar-refractivity contribution >= 4 is 10.0 Å². The third-order valence-electron chi connectivity index (χ3n) is 2.97. The number of unbranched alkanes of at least 4 members (excludes halogenated alkanes) is 2. The van der Waals surface area contributed by atoms with Gasteiger partial charge in [0, 0.05) is 6.04 Å². The Morgan fingerprint density at radius 1 is 1.40 bits per heavy atom. The molecule has 0 aliphatic rings. The van der Waals surface area contributed by atoms with Gasteiger partial charge in [-0.1, -0.05) is 32.3 Å². The summed E-state index contributed by atoms with van der Waals surface area (Å²) in [5.74, 6) is -0.825. The first-order valence-corrected chi connectivity index (χ1v) is 8.11. The highest BCUT2D eigenvalue weighted by molar-refractivity contribution is 7.89. The maximum Gasteiger partial charge on any atom is 0.242 e. The molecule has 0 saturated heterocycles. The van der Waals surface area contributed by atoms with Crippen molar-refractivity contribution in [1.29, 1.82) is 5.26 Å². The van der Waals surface area contributed by atoms with E-state index >= 15 is 0 Å². The van der Waals surface area contributed by atoms with E-state index in [0.717, 1.165) is 25.3 Å². The van der Waals surface area contributed by atoms with Gasteiger partial charge in [0.15, 0.2) is 0 Å². The molecule has 0 aliphatic carbocycles. The molecule has 0 bridgehead atoms. The van der Waals surface area contributed by atoms with E-state index in [1.807, 2.05) is 0 Å². The number of sulfonamides is 1. The van der Waals surface area contributed by atoms with Crippen LogP contribution >= 0.6 is 0 Å². The maximum atomic E-state index is 13.5. The predicted molar refractivity (Wildman–Crippen MR) is 75.0 cm³/mol. The molecule has 1 unspecified atom stereocenters. The van der Waals surface area contributed by atoms with Crippen LogP contribution in [-0.4, -0.2) is 14.5 Å². The monoisotopic (exact) mass is 298 g/mol. The van der Waals surface area contributed by atoms with Gasteiger partial charge in [0.2, 0.25) is 10.0 Å². The molecule has 1 aromatic carbocycles. The van der Waals surface area contributed by atoms with Crippen molar-refractivity contribution in [2.45, 2.75) is 50.5 Å². The molecule has 0 fully saturated rings. The molecule has 0 spiro atoms. The normalized spacial score (nSPS) is 12.9. The molecule has 6 heteroatoms. The van der Waals surface area contributed by atoms with E-state index in [1.54, 1.807) is 13.0 Å². The van der Waals surface area contributed by atoms with Gasteiger partial charge < -0.3 is 0 Å². The van der Waals surface area contributed by atoms with Crippen LogP contribution < -0.4 is 4.72 Å². The zero-order valence-corrected chi connectivity index (χ0v) is 12.5. The smallest absolute Gasteiger partial charge is 0.208 e. The van der Waals surface area contributed by atoms with Gasteiger partial charge in [-0.25, -0.2) is 17.5 Å². The highest BCUT2D eigenvalue weighted by atomic mass is 32.2. The lowest BCUT2D eigenvalue weighted by molar-refractivity contribution is 0.526. The highest BCUT2D eigenvalue weighted by Crippen LogP contribution is 2.18. The number of nitrogens with one attached hydrogen (secondary N) is 1. The van der Waals surface area contributed by atoms with Crippen molar-refractivity contribution < 1.29 is 12.8 Å². The van der Waals surface area contributed by atoms with Gasteiger partial charge in [-0.05, 0) is 25.5 Å². The molecule has 1 rings (SSSR count). The number of nitrogens with zero attached hydrogens (tertiary/aromatic N) is 1. The summed E-state index contributed by atoms with van der Waals surface area (Å²) in [6.07, 6.45) is 3.73. The van der Waals surface area contributed by atoms with Crippen LogP contribution in [0.25, 0.3) is 0 Å². The third kappa shape index (κ3) is 4.29. The van der Waals surface area contributed by atoms with Crippen molar-refractivity contribution in [3.05, 3.63) is 29.6 Å².